The number of anilines is 5. The van der Waals surface area contributed by atoms with Crippen molar-refractivity contribution in [2.45, 2.75) is 95.7 Å². The van der Waals surface area contributed by atoms with Gasteiger partial charge in [0.2, 0.25) is 5.91 Å². The molecule has 6 aliphatic rings. The molecule has 7 heterocycles. The highest BCUT2D eigenvalue weighted by atomic mass is 19.1. The van der Waals surface area contributed by atoms with Crippen LogP contribution in [0.5, 0.6) is 5.75 Å². The average molecular weight is 882 g/mol. The van der Waals surface area contributed by atoms with Gasteiger partial charge >= 0.3 is 6.03 Å². The van der Waals surface area contributed by atoms with E-state index in [1.165, 1.54) is 38.5 Å². The number of pyridine rings is 1. The molecule has 2 bridgehead atoms. The van der Waals surface area contributed by atoms with Gasteiger partial charge in [0.15, 0.2) is 5.82 Å². The van der Waals surface area contributed by atoms with Crippen molar-refractivity contribution in [3.05, 3.63) is 78.4 Å². The molecule has 2 unspecified atom stereocenters. The number of nitrogens with two attached hydrogens (primary N) is 1. The molecule has 0 radical (unpaired) electrons. The van der Waals surface area contributed by atoms with Gasteiger partial charge in [0.05, 0.1) is 29.0 Å². The van der Waals surface area contributed by atoms with E-state index in [1.54, 1.807) is 29.3 Å². The first-order valence-corrected chi connectivity index (χ1v) is 23.9. The number of rotatable bonds is 8. The number of phenols is 1. The van der Waals surface area contributed by atoms with Gasteiger partial charge in [0.1, 0.15) is 17.2 Å². The van der Waals surface area contributed by atoms with Gasteiger partial charge in [-0.15, -0.1) is 10.2 Å². The number of para-hydroxylation sites is 1. The van der Waals surface area contributed by atoms with Gasteiger partial charge in [0, 0.05) is 99.7 Å². The lowest BCUT2D eigenvalue weighted by Crippen LogP contribution is -2.54. The zero-order valence-electron chi connectivity index (χ0n) is 37.3. The van der Waals surface area contributed by atoms with Crippen molar-refractivity contribution in [3.63, 3.8) is 0 Å². The summed E-state index contributed by atoms with van der Waals surface area (Å²) in [7, 11) is 0. The second-order valence-electron chi connectivity index (χ2n) is 19.9. The summed E-state index contributed by atoms with van der Waals surface area (Å²) in [6, 6.07) is 17.4. The van der Waals surface area contributed by atoms with E-state index in [2.05, 4.69) is 64.9 Å². The SMILES string of the molecule is Cc1cn(C2CCC3(CCC(CN4CCN(c5cc(N6C7CCC6CN(c6cc(-c8ccccc8O)nnc6N)C7)ccc5F)CC4)CC3)CC2)c2ncc(N3CCC(=O)NC3=O)cc12. The lowest BCUT2D eigenvalue weighted by Gasteiger charge is -2.46. The number of nitrogen functional groups attached to an aromatic ring is 1. The quantitative estimate of drug-likeness (QED) is 0.141. The van der Waals surface area contributed by atoms with Gasteiger partial charge < -0.3 is 30.1 Å². The first-order valence-electron chi connectivity index (χ1n) is 23.9. The minimum Gasteiger partial charge on any atom is -0.507 e. The molecule has 340 valence electrons. The lowest BCUT2D eigenvalue weighted by molar-refractivity contribution is -0.120. The van der Waals surface area contributed by atoms with E-state index >= 15 is 4.39 Å². The number of aromatic hydroxyl groups is 1. The number of urea groups is 1. The number of benzene rings is 2. The average Bonchev–Trinajstić information content (AvgIpc) is 3.78. The summed E-state index contributed by atoms with van der Waals surface area (Å²) in [5, 5.41) is 22.5. The lowest BCUT2D eigenvalue weighted by atomic mass is 9.62. The number of fused-ring (bicyclic) bond motifs is 3. The second-order valence-corrected chi connectivity index (χ2v) is 19.9. The summed E-state index contributed by atoms with van der Waals surface area (Å²) in [5.41, 5.74) is 13.6. The van der Waals surface area contributed by atoms with Crippen LogP contribution in [0.15, 0.2) is 67.0 Å². The van der Waals surface area contributed by atoms with Gasteiger partial charge in [0.25, 0.3) is 0 Å². The summed E-state index contributed by atoms with van der Waals surface area (Å²) in [4.78, 5) is 40.4. The number of amides is 3. The third-order valence-electron chi connectivity index (χ3n) is 16.1. The van der Waals surface area contributed by atoms with E-state index in [9.17, 15) is 14.7 Å². The second kappa shape index (κ2) is 16.8. The number of carbonyl (C=O) groups excluding carboxylic acids is 2. The molecule has 2 saturated carbocycles. The van der Waals surface area contributed by atoms with Crippen LogP contribution >= 0.6 is 0 Å². The molecule has 3 aromatic heterocycles. The number of nitrogens with one attached hydrogen (secondary N) is 1. The number of imide groups is 1. The van der Waals surface area contributed by atoms with Crippen molar-refractivity contribution in [1.29, 1.82) is 0 Å². The first-order chi connectivity index (χ1) is 31.6. The van der Waals surface area contributed by atoms with Crippen molar-refractivity contribution in [2.24, 2.45) is 11.3 Å². The van der Waals surface area contributed by atoms with Crippen LogP contribution in [0.2, 0.25) is 0 Å². The normalized spacial score (nSPS) is 26.4. The number of nitrogens with zero attached hydrogens (tertiary/aromatic N) is 9. The van der Waals surface area contributed by atoms with Crippen LogP contribution in [0.1, 0.15) is 82.2 Å². The monoisotopic (exact) mass is 881 g/mol. The molecule has 1 spiro atoms. The fourth-order valence-corrected chi connectivity index (χ4v) is 12.4. The van der Waals surface area contributed by atoms with E-state index < -0.39 is 0 Å². The third-order valence-corrected chi connectivity index (χ3v) is 16.1. The van der Waals surface area contributed by atoms with E-state index in [0.29, 0.717) is 53.1 Å². The maximum Gasteiger partial charge on any atom is 0.328 e. The topological polar surface area (TPSA) is 152 Å². The Balaban J connectivity index is 0.668. The zero-order chi connectivity index (χ0) is 44.4. The van der Waals surface area contributed by atoms with Crippen LogP contribution in [0.25, 0.3) is 22.3 Å². The maximum absolute atomic E-state index is 15.6. The van der Waals surface area contributed by atoms with Gasteiger partial charge in [-0.2, -0.15) is 0 Å². The summed E-state index contributed by atoms with van der Waals surface area (Å²) in [5.74, 6) is 0.868. The zero-order valence-corrected chi connectivity index (χ0v) is 37.3. The number of phenolic OH excluding ortho intramolecular Hbond substituents is 1. The number of aromatic nitrogens is 4. The molecule has 14 nitrogen and oxygen atoms in total. The minimum absolute atomic E-state index is 0.152. The van der Waals surface area contributed by atoms with Gasteiger partial charge in [-0.1, -0.05) is 12.1 Å². The van der Waals surface area contributed by atoms with Crippen molar-refractivity contribution < 1.29 is 19.1 Å². The number of hydrogen-bond acceptors (Lipinski definition) is 11. The van der Waals surface area contributed by atoms with E-state index in [4.69, 9.17) is 10.7 Å². The molecule has 6 fully saturated rings. The van der Waals surface area contributed by atoms with Crippen molar-refractivity contribution in [3.8, 4) is 17.0 Å². The molecule has 15 heteroatoms. The molecule has 2 atom stereocenters. The summed E-state index contributed by atoms with van der Waals surface area (Å²) in [6.07, 6.45) is 16.4. The smallest absolute Gasteiger partial charge is 0.328 e. The Labute approximate surface area is 379 Å². The molecular formula is C50H60FN11O3. The standard InChI is InChI=1S/C50H60FN11O3/c1-32-28-61(48-40(32)24-38(27-53-48)60-19-14-46(64)54-49(60)65)34-12-17-50(18-13-34)15-10-33(11-16-50)29-57-20-22-58(23-21-57)43-25-35(8-9-41(43)51)62-36-6-7-37(62)31-59(30-36)44-26-42(55-56-47(44)52)39-4-2-3-5-45(39)63/h2-5,8-9,24-28,33-34,36-37,63H,6-7,10-23,29-31H2,1H3,(H2,52,56)(H,54,64,65). The Hall–Kier alpha value is -5.96. The van der Waals surface area contributed by atoms with Crippen LogP contribution in [0.3, 0.4) is 0 Å². The molecule has 4 N–H and O–H groups in total. The number of hydrogen-bond donors (Lipinski definition) is 3. The molecule has 3 amide bonds. The minimum atomic E-state index is -0.381. The highest BCUT2D eigenvalue weighted by Crippen LogP contribution is 2.52. The van der Waals surface area contributed by atoms with Crippen LogP contribution in [0.4, 0.5) is 37.8 Å². The molecule has 2 aliphatic carbocycles. The van der Waals surface area contributed by atoms with Crippen molar-refractivity contribution in [2.75, 3.05) is 77.7 Å². The van der Waals surface area contributed by atoms with E-state index in [-0.39, 0.29) is 35.6 Å². The third kappa shape index (κ3) is 7.89. The Morgan fingerprint density at radius 1 is 0.815 bits per heavy atom. The molecule has 2 aromatic carbocycles. The summed E-state index contributed by atoms with van der Waals surface area (Å²) >= 11 is 0. The molecule has 11 rings (SSSR count). The Morgan fingerprint density at radius 2 is 1.55 bits per heavy atom. The highest BCUT2D eigenvalue weighted by molar-refractivity contribution is 6.06. The number of carbonyl (C=O) groups is 2. The van der Waals surface area contributed by atoms with Crippen LogP contribution in [-0.2, 0) is 4.79 Å². The fraction of sp³-hybridized carbons (Fsp3) is 0.500. The number of aryl methyl sites for hydroxylation is 1. The Kier molecular flexibility index (Phi) is 10.8. The van der Waals surface area contributed by atoms with Crippen LogP contribution in [0, 0.1) is 24.1 Å². The van der Waals surface area contributed by atoms with Crippen LogP contribution in [-0.4, -0.2) is 106 Å². The van der Waals surface area contributed by atoms with Crippen molar-refractivity contribution in [1.82, 2.24) is 30.0 Å². The molecule has 4 aliphatic heterocycles. The Bertz CT molecular complexity index is 2600. The largest absolute Gasteiger partial charge is 0.507 e. The molecule has 4 saturated heterocycles. The first kappa shape index (κ1) is 41.7. The predicted molar refractivity (Wildman–Crippen MR) is 252 cm³/mol. The van der Waals surface area contributed by atoms with Crippen molar-refractivity contribution >= 4 is 51.5 Å². The fourth-order valence-electron chi connectivity index (χ4n) is 12.4. The van der Waals surface area contributed by atoms with Gasteiger partial charge in [-0.25, -0.2) is 14.2 Å². The molecule has 5 aromatic rings. The van der Waals surface area contributed by atoms with E-state index in [1.807, 2.05) is 24.3 Å². The summed E-state index contributed by atoms with van der Waals surface area (Å²) in [6.45, 7) is 8.73. The van der Waals surface area contributed by atoms with E-state index in [0.717, 1.165) is 105 Å². The predicted octanol–water partition coefficient (Wildman–Crippen LogP) is 7.65. The highest BCUT2D eigenvalue weighted by Gasteiger charge is 2.42. The maximum atomic E-state index is 15.6. The number of halogens is 1. The number of piperazine rings is 2. The molecular weight excluding hydrogens is 822 g/mol. The summed E-state index contributed by atoms with van der Waals surface area (Å²) < 4.78 is 18.0. The molecule has 65 heavy (non-hydrogen) atoms. The Morgan fingerprint density at radius 3 is 2.29 bits per heavy atom. The van der Waals surface area contributed by atoms with Gasteiger partial charge in [-0.3, -0.25) is 19.9 Å². The van der Waals surface area contributed by atoms with Gasteiger partial charge in [-0.05, 0) is 130 Å². The van der Waals surface area contributed by atoms with Crippen LogP contribution < -0.4 is 30.7 Å².